The van der Waals surface area contributed by atoms with Crippen molar-refractivity contribution in [2.45, 2.75) is 31.7 Å². The van der Waals surface area contributed by atoms with Crippen molar-refractivity contribution in [3.05, 3.63) is 88.9 Å². The third-order valence-electron chi connectivity index (χ3n) is 5.08. The predicted octanol–water partition coefficient (Wildman–Crippen LogP) is 5.12. The van der Waals surface area contributed by atoms with Crippen molar-refractivity contribution in [1.29, 1.82) is 0 Å². The number of benzene rings is 3. The van der Waals surface area contributed by atoms with Gasteiger partial charge in [0.2, 0.25) is 5.91 Å². The topological polar surface area (TPSA) is 75.7 Å². The second-order valence-corrected chi connectivity index (χ2v) is 9.86. The van der Waals surface area contributed by atoms with E-state index < -0.39 is 22.5 Å². The van der Waals surface area contributed by atoms with Gasteiger partial charge < -0.3 is 10.1 Å². The molecule has 174 valence electrons. The quantitative estimate of drug-likeness (QED) is 0.455. The second-order valence-electron chi connectivity index (χ2n) is 7.57. The van der Waals surface area contributed by atoms with Crippen LogP contribution >= 0.6 is 11.6 Å². The van der Waals surface area contributed by atoms with E-state index in [1.54, 1.807) is 24.3 Å². The Morgan fingerprint density at radius 2 is 1.67 bits per heavy atom. The maximum Gasteiger partial charge on any atom is 0.264 e. The number of nitrogens with zero attached hydrogens (tertiary/aromatic N) is 1. The molecule has 0 bridgehead atoms. The maximum atomic E-state index is 13.6. The van der Waals surface area contributed by atoms with Crippen LogP contribution in [0.15, 0.2) is 77.7 Å². The Morgan fingerprint density at radius 3 is 2.30 bits per heavy atom. The highest BCUT2D eigenvalue weighted by molar-refractivity contribution is 7.92. The molecule has 6 nitrogen and oxygen atoms in total. The van der Waals surface area contributed by atoms with Crippen LogP contribution in [0.25, 0.3) is 0 Å². The van der Waals surface area contributed by atoms with Gasteiger partial charge in [-0.15, -0.1) is 0 Å². The van der Waals surface area contributed by atoms with Crippen LogP contribution in [0.5, 0.6) is 5.75 Å². The van der Waals surface area contributed by atoms with Crippen LogP contribution in [-0.4, -0.2) is 27.5 Å². The number of hydrogen-bond acceptors (Lipinski definition) is 4. The predicted molar refractivity (Wildman–Crippen MR) is 131 cm³/mol. The standard InChI is InChI=1S/C25H27ClN2O4S/c1-4-32-24-8-6-5-7-23(24)28(33(30,31)22-15-13-21(26)14-16-22)17-25(29)27-19(3)20-11-9-18(2)10-12-20/h5-16,19H,4,17H2,1-3H3,(H,27,29)/t19-/m0/s1. The molecule has 0 saturated carbocycles. The van der Waals surface area contributed by atoms with Gasteiger partial charge >= 0.3 is 0 Å². The van der Waals surface area contributed by atoms with E-state index in [4.69, 9.17) is 16.3 Å². The van der Waals surface area contributed by atoms with Crippen molar-refractivity contribution >= 4 is 33.2 Å². The van der Waals surface area contributed by atoms with Crippen molar-refractivity contribution < 1.29 is 17.9 Å². The zero-order chi connectivity index (χ0) is 24.0. The summed E-state index contributed by atoms with van der Waals surface area (Å²) in [6.45, 7) is 5.59. The minimum absolute atomic E-state index is 0.0255. The molecule has 0 spiro atoms. The molecule has 33 heavy (non-hydrogen) atoms. The maximum absolute atomic E-state index is 13.6. The van der Waals surface area contributed by atoms with E-state index in [1.807, 2.05) is 45.0 Å². The average Bonchev–Trinajstić information content (AvgIpc) is 2.79. The van der Waals surface area contributed by atoms with Gasteiger partial charge in [0.1, 0.15) is 12.3 Å². The van der Waals surface area contributed by atoms with E-state index in [9.17, 15) is 13.2 Å². The van der Waals surface area contributed by atoms with Crippen LogP contribution in [0.2, 0.25) is 5.02 Å². The summed E-state index contributed by atoms with van der Waals surface area (Å²) in [4.78, 5) is 13.0. The Bertz CT molecular complexity index is 1200. The minimum atomic E-state index is -4.08. The summed E-state index contributed by atoms with van der Waals surface area (Å²) in [5, 5.41) is 3.31. The first kappa shape index (κ1) is 24.6. The largest absolute Gasteiger partial charge is 0.492 e. The molecule has 0 aliphatic carbocycles. The number of para-hydroxylation sites is 2. The Kier molecular flexibility index (Phi) is 8.00. The molecule has 0 fully saturated rings. The first-order valence-electron chi connectivity index (χ1n) is 10.6. The molecule has 8 heteroatoms. The van der Waals surface area contributed by atoms with Crippen molar-refractivity contribution in [1.82, 2.24) is 5.32 Å². The van der Waals surface area contributed by atoms with Gasteiger partial charge in [-0.2, -0.15) is 0 Å². The van der Waals surface area contributed by atoms with Crippen LogP contribution in [0.1, 0.15) is 31.0 Å². The molecule has 3 aromatic rings. The van der Waals surface area contributed by atoms with E-state index in [0.29, 0.717) is 17.4 Å². The number of amides is 1. The van der Waals surface area contributed by atoms with Crippen LogP contribution in [0, 0.1) is 6.92 Å². The highest BCUT2D eigenvalue weighted by Crippen LogP contribution is 2.32. The zero-order valence-electron chi connectivity index (χ0n) is 18.8. The zero-order valence-corrected chi connectivity index (χ0v) is 20.4. The molecule has 1 atom stereocenters. The molecule has 0 aromatic heterocycles. The first-order valence-corrected chi connectivity index (χ1v) is 12.4. The first-order chi connectivity index (χ1) is 15.7. The lowest BCUT2D eigenvalue weighted by Gasteiger charge is -2.26. The molecule has 3 aromatic carbocycles. The molecule has 0 aliphatic heterocycles. The summed E-state index contributed by atoms with van der Waals surface area (Å²) in [6, 6.07) is 20.1. The molecular formula is C25H27ClN2O4S. The SMILES string of the molecule is CCOc1ccccc1N(CC(=O)N[C@@H](C)c1ccc(C)cc1)S(=O)(=O)c1ccc(Cl)cc1. The molecule has 1 N–H and O–H groups in total. The Balaban J connectivity index is 1.94. The Labute approximate surface area is 200 Å². The van der Waals surface area contributed by atoms with E-state index in [1.165, 1.54) is 24.3 Å². The highest BCUT2D eigenvalue weighted by Gasteiger charge is 2.29. The van der Waals surface area contributed by atoms with Gasteiger partial charge in [0, 0.05) is 5.02 Å². The normalized spacial score (nSPS) is 12.1. The summed E-state index contributed by atoms with van der Waals surface area (Å²) in [6.07, 6.45) is 0. The molecular weight excluding hydrogens is 460 g/mol. The number of anilines is 1. The fourth-order valence-corrected chi connectivity index (χ4v) is 4.89. The number of rotatable bonds is 9. The lowest BCUT2D eigenvalue weighted by Crippen LogP contribution is -2.41. The Morgan fingerprint density at radius 1 is 1.03 bits per heavy atom. The van der Waals surface area contributed by atoms with Gasteiger partial charge in [0.15, 0.2) is 0 Å². The number of carbonyl (C=O) groups is 1. The van der Waals surface area contributed by atoms with Gasteiger partial charge in [-0.05, 0) is 62.7 Å². The van der Waals surface area contributed by atoms with E-state index in [0.717, 1.165) is 15.4 Å². The Hall–Kier alpha value is -3.03. The molecule has 0 unspecified atom stereocenters. The average molecular weight is 487 g/mol. The third kappa shape index (κ3) is 6.06. The fraction of sp³-hybridized carbons (Fsp3) is 0.240. The number of carbonyl (C=O) groups excluding carboxylic acids is 1. The van der Waals surface area contributed by atoms with E-state index >= 15 is 0 Å². The number of nitrogens with one attached hydrogen (secondary N) is 1. The molecule has 0 heterocycles. The van der Waals surface area contributed by atoms with Gasteiger partial charge in [0.05, 0.1) is 23.2 Å². The van der Waals surface area contributed by atoms with Gasteiger partial charge in [-0.1, -0.05) is 53.6 Å². The van der Waals surface area contributed by atoms with Gasteiger partial charge in [0.25, 0.3) is 10.0 Å². The highest BCUT2D eigenvalue weighted by atomic mass is 35.5. The number of aryl methyl sites for hydroxylation is 1. The summed E-state index contributed by atoms with van der Waals surface area (Å²) in [5.41, 5.74) is 2.33. The molecule has 3 rings (SSSR count). The van der Waals surface area contributed by atoms with Gasteiger partial charge in [-0.25, -0.2) is 8.42 Å². The fourth-order valence-electron chi connectivity index (χ4n) is 3.33. The second kappa shape index (κ2) is 10.7. The van der Waals surface area contributed by atoms with Crippen LogP contribution in [0.3, 0.4) is 0 Å². The number of ether oxygens (including phenoxy) is 1. The summed E-state index contributed by atoms with van der Waals surface area (Å²) >= 11 is 5.94. The van der Waals surface area contributed by atoms with E-state index in [-0.39, 0.29) is 16.6 Å². The van der Waals surface area contributed by atoms with Crippen molar-refractivity contribution in [3.8, 4) is 5.75 Å². The summed E-state index contributed by atoms with van der Waals surface area (Å²) in [7, 11) is -4.08. The summed E-state index contributed by atoms with van der Waals surface area (Å²) in [5.74, 6) is -0.0659. The number of sulfonamides is 1. The minimum Gasteiger partial charge on any atom is -0.492 e. The number of halogens is 1. The lowest BCUT2D eigenvalue weighted by atomic mass is 10.1. The molecule has 0 saturated heterocycles. The number of hydrogen-bond donors (Lipinski definition) is 1. The molecule has 1 amide bonds. The van der Waals surface area contributed by atoms with Crippen molar-refractivity contribution in [2.75, 3.05) is 17.5 Å². The molecule has 0 radical (unpaired) electrons. The summed E-state index contributed by atoms with van der Waals surface area (Å²) < 4.78 is 33.9. The monoisotopic (exact) mass is 486 g/mol. The lowest BCUT2D eigenvalue weighted by molar-refractivity contribution is -0.120. The van der Waals surface area contributed by atoms with Crippen molar-refractivity contribution in [3.63, 3.8) is 0 Å². The van der Waals surface area contributed by atoms with Crippen molar-refractivity contribution in [2.24, 2.45) is 0 Å². The van der Waals surface area contributed by atoms with Crippen LogP contribution in [-0.2, 0) is 14.8 Å². The molecule has 0 aliphatic rings. The third-order valence-corrected chi connectivity index (χ3v) is 7.10. The van der Waals surface area contributed by atoms with Gasteiger partial charge in [-0.3, -0.25) is 9.10 Å². The van der Waals surface area contributed by atoms with Crippen LogP contribution in [0.4, 0.5) is 5.69 Å². The van der Waals surface area contributed by atoms with E-state index in [2.05, 4.69) is 5.32 Å². The smallest absolute Gasteiger partial charge is 0.264 e. The van der Waals surface area contributed by atoms with Crippen LogP contribution < -0.4 is 14.4 Å².